The Kier molecular flexibility index (Phi) is 9.29. The van der Waals surface area contributed by atoms with E-state index in [1.54, 1.807) is 12.1 Å². The van der Waals surface area contributed by atoms with Gasteiger partial charge in [-0.25, -0.2) is 14.4 Å². The van der Waals surface area contributed by atoms with Crippen molar-refractivity contribution in [1.82, 2.24) is 10.2 Å². The number of carbonyl (C=O) groups excluding carboxylic acids is 3. The van der Waals surface area contributed by atoms with Gasteiger partial charge in [0.2, 0.25) is 0 Å². The molecule has 0 aromatic heterocycles. The van der Waals surface area contributed by atoms with Crippen LogP contribution in [0.5, 0.6) is 0 Å². The zero-order chi connectivity index (χ0) is 28.6. The number of esters is 2. The highest BCUT2D eigenvalue weighted by molar-refractivity contribution is 5.96. The molecule has 1 amide bonds. The minimum Gasteiger partial charge on any atom is -0.478 e. The minimum atomic E-state index is -1.07. The van der Waals surface area contributed by atoms with Gasteiger partial charge in [-0.1, -0.05) is 31.2 Å². The second-order valence-electron chi connectivity index (χ2n) is 9.76. The van der Waals surface area contributed by atoms with E-state index in [4.69, 9.17) is 9.84 Å². The average Bonchev–Trinajstić information content (AvgIpc) is 2.99. The number of amides is 1. The maximum atomic E-state index is 13.1. The number of fused-ring (bicyclic) bond motifs is 1. The third-order valence-electron chi connectivity index (χ3n) is 7.06. The summed E-state index contributed by atoms with van der Waals surface area (Å²) < 4.78 is 10.7. The Morgan fingerprint density at radius 3 is 2.05 bits per heavy atom. The number of aromatic carboxylic acids is 1. The van der Waals surface area contributed by atoms with Crippen LogP contribution in [0.1, 0.15) is 65.9 Å². The Bertz CT molecular complexity index is 1370. The number of carboxylic acid groups (broad SMARTS) is 1. The molecule has 2 atom stereocenters. The van der Waals surface area contributed by atoms with Gasteiger partial charge in [-0.15, -0.1) is 0 Å². The van der Waals surface area contributed by atoms with Gasteiger partial charge in [-0.2, -0.15) is 0 Å². The quantitative estimate of drug-likeness (QED) is 0.365. The second kappa shape index (κ2) is 13.0. The molecule has 3 aromatic carbocycles. The zero-order valence-electron chi connectivity index (χ0n) is 22.5. The van der Waals surface area contributed by atoms with Crippen LogP contribution in [0.3, 0.4) is 0 Å². The Morgan fingerprint density at radius 2 is 1.43 bits per heavy atom. The maximum Gasteiger partial charge on any atom is 0.339 e. The first-order chi connectivity index (χ1) is 19.3. The summed E-state index contributed by atoms with van der Waals surface area (Å²) in [4.78, 5) is 50.7. The molecule has 1 aliphatic heterocycles. The molecule has 0 spiro atoms. The van der Waals surface area contributed by atoms with Gasteiger partial charge >= 0.3 is 17.9 Å². The van der Waals surface area contributed by atoms with Crippen molar-refractivity contribution >= 4 is 23.8 Å². The van der Waals surface area contributed by atoms with Crippen molar-refractivity contribution in [2.24, 2.45) is 5.92 Å². The van der Waals surface area contributed by atoms with Gasteiger partial charge in [0.05, 0.1) is 23.8 Å². The molecule has 0 saturated carbocycles. The monoisotopic (exact) mass is 544 g/mol. The number of methoxy groups -OCH3 is 1. The number of hydrogen-bond acceptors (Lipinski definition) is 7. The molecule has 1 aliphatic rings. The highest BCUT2D eigenvalue weighted by atomic mass is 16.6. The predicted molar refractivity (Wildman–Crippen MR) is 147 cm³/mol. The van der Waals surface area contributed by atoms with Gasteiger partial charge in [0, 0.05) is 31.1 Å². The van der Waals surface area contributed by atoms with Crippen molar-refractivity contribution in [2.45, 2.75) is 32.5 Å². The van der Waals surface area contributed by atoms with Crippen LogP contribution in [0.25, 0.3) is 0 Å². The molecule has 40 heavy (non-hydrogen) atoms. The molecule has 0 fully saturated rings. The van der Waals surface area contributed by atoms with Crippen molar-refractivity contribution in [2.75, 3.05) is 20.2 Å². The normalized spacial score (nSPS) is 14.3. The molecule has 0 saturated heterocycles. The Balaban J connectivity index is 1.43. The Labute approximate surface area is 232 Å². The summed E-state index contributed by atoms with van der Waals surface area (Å²) in [6.07, 6.45) is 0.805. The van der Waals surface area contributed by atoms with E-state index in [9.17, 15) is 19.2 Å². The van der Waals surface area contributed by atoms with Crippen molar-refractivity contribution in [3.05, 3.63) is 106 Å². The van der Waals surface area contributed by atoms with Gasteiger partial charge in [0.15, 0.2) is 6.23 Å². The van der Waals surface area contributed by atoms with E-state index in [1.807, 2.05) is 19.1 Å². The van der Waals surface area contributed by atoms with Crippen molar-refractivity contribution in [1.29, 1.82) is 0 Å². The third-order valence-corrected chi connectivity index (χ3v) is 7.06. The van der Waals surface area contributed by atoms with Crippen molar-refractivity contribution < 1.29 is 33.8 Å². The Hall–Kier alpha value is -4.50. The number of nitrogens with one attached hydrogen (secondary N) is 1. The fourth-order valence-electron chi connectivity index (χ4n) is 4.75. The van der Waals surface area contributed by atoms with Crippen molar-refractivity contribution in [3.63, 3.8) is 0 Å². The first-order valence-corrected chi connectivity index (χ1v) is 13.1. The number of ether oxygens (including phenoxy) is 2. The predicted octanol–water partition coefficient (Wildman–Crippen LogP) is 4.17. The van der Waals surface area contributed by atoms with Crippen LogP contribution in [-0.4, -0.2) is 60.2 Å². The van der Waals surface area contributed by atoms with E-state index in [2.05, 4.69) is 27.1 Å². The SMILES string of the molecule is COC(=O)c1ccc(C(=O)NCCC(C)C(OC(=O)c2ccc(C(=O)O)cc2)N2CCc3ccccc3C2)cc1. The van der Waals surface area contributed by atoms with Crippen LogP contribution < -0.4 is 5.32 Å². The molecule has 0 aliphatic carbocycles. The summed E-state index contributed by atoms with van der Waals surface area (Å²) >= 11 is 0. The van der Waals surface area contributed by atoms with Gasteiger partial charge in [-0.3, -0.25) is 9.69 Å². The molecule has 0 bridgehead atoms. The molecule has 208 valence electrons. The van der Waals surface area contributed by atoms with Gasteiger partial charge in [0.25, 0.3) is 5.91 Å². The first kappa shape index (κ1) is 28.5. The number of hydrogen-bond donors (Lipinski definition) is 2. The number of benzene rings is 3. The van der Waals surface area contributed by atoms with E-state index in [0.717, 1.165) is 6.42 Å². The van der Waals surface area contributed by atoms with E-state index < -0.39 is 24.1 Å². The lowest BCUT2D eigenvalue weighted by atomic mass is 9.97. The molecule has 9 heteroatoms. The van der Waals surface area contributed by atoms with Crippen LogP contribution in [-0.2, 0) is 22.4 Å². The van der Waals surface area contributed by atoms with E-state index in [0.29, 0.717) is 37.2 Å². The number of nitrogens with zero attached hydrogens (tertiary/aromatic N) is 1. The van der Waals surface area contributed by atoms with E-state index in [1.165, 1.54) is 54.6 Å². The lowest BCUT2D eigenvalue weighted by Crippen LogP contribution is -2.46. The summed E-state index contributed by atoms with van der Waals surface area (Å²) in [5.41, 5.74) is 3.58. The molecule has 0 radical (unpaired) electrons. The lowest BCUT2D eigenvalue weighted by molar-refractivity contribution is -0.0666. The lowest BCUT2D eigenvalue weighted by Gasteiger charge is -2.38. The van der Waals surface area contributed by atoms with Gasteiger partial charge in [-0.05, 0) is 72.5 Å². The molecule has 3 aromatic rings. The summed E-state index contributed by atoms with van der Waals surface area (Å²) in [7, 11) is 1.30. The summed E-state index contributed by atoms with van der Waals surface area (Å²) in [5.74, 6) is -2.49. The van der Waals surface area contributed by atoms with E-state index >= 15 is 0 Å². The number of carboxylic acids is 1. The van der Waals surface area contributed by atoms with E-state index in [-0.39, 0.29) is 23.0 Å². The number of carbonyl (C=O) groups is 4. The van der Waals surface area contributed by atoms with Crippen LogP contribution >= 0.6 is 0 Å². The fraction of sp³-hybridized carbons (Fsp3) is 0.290. The van der Waals surface area contributed by atoms with Crippen LogP contribution in [0.2, 0.25) is 0 Å². The summed E-state index contributed by atoms with van der Waals surface area (Å²) in [6.45, 7) is 3.65. The second-order valence-corrected chi connectivity index (χ2v) is 9.76. The van der Waals surface area contributed by atoms with Gasteiger partial charge < -0.3 is 19.9 Å². The van der Waals surface area contributed by atoms with Crippen LogP contribution in [0.15, 0.2) is 72.8 Å². The average molecular weight is 545 g/mol. The third kappa shape index (κ3) is 6.92. The molecular formula is C31H32N2O7. The molecule has 4 rings (SSSR count). The largest absolute Gasteiger partial charge is 0.478 e. The standard InChI is InChI=1S/C31H32N2O7/c1-20(15-17-32-27(34)22-7-11-24(12-8-22)30(37)39-2)28(33-18-16-21-5-3-4-6-26(21)19-33)40-31(38)25-13-9-23(10-14-25)29(35)36/h3-14,20,28H,15-19H2,1-2H3,(H,32,34)(H,35,36). The van der Waals surface area contributed by atoms with Crippen LogP contribution in [0.4, 0.5) is 0 Å². The highest BCUT2D eigenvalue weighted by Crippen LogP contribution is 2.26. The minimum absolute atomic E-state index is 0.0878. The maximum absolute atomic E-state index is 13.1. The molecule has 2 unspecified atom stereocenters. The highest BCUT2D eigenvalue weighted by Gasteiger charge is 2.31. The van der Waals surface area contributed by atoms with Crippen molar-refractivity contribution in [3.8, 4) is 0 Å². The zero-order valence-corrected chi connectivity index (χ0v) is 22.5. The summed E-state index contributed by atoms with van der Waals surface area (Å²) in [6, 6.07) is 20.0. The molecule has 9 nitrogen and oxygen atoms in total. The molecule has 2 N–H and O–H groups in total. The van der Waals surface area contributed by atoms with Crippen LogP contribution in [0, 0.1) is 5.92 Å². The number of rotatable bonds is 10. The molecular weight excluding hydrogens is 512 g/mol. The topological polar surface area (TPSA) is 122 Å². The molecule has 1 heterocycles. The smallest absolute Gasteiger partial charge is 0.339 e. The van der Waals surface area contributed by atoms with Gasteiger partial charge in [0.1, 0.15) is 0 Å². The first-order valence-electron chi connectivity index (χ1n) is 13.1. The summed E-state index contributed by atoms with van der Waals surface area (Å²) in [5, 5.41) is 12.0. The fourth-order valence-corrected chi connectivity index (χ4v) is 4.75. The Morgan fingerprint density at radius 1 is 0.850 bits per heavy atom.